The number of hydrogen-bond donors (Lipinski definition) is 2. The van der Waals surface area contributed by atoms with Gasteiger partial charge < -0.3 is 20.1 Å². The normalized spacial score (nSPS) is 10.9. The van der Waals surface area contributed by atoms with Gasteiger partial charge in [-0.15, -0.1) is 0 Å². The van der Waals surface area contributed by atoms with Crippen LogP contribution < -0.4 is 24.8 Å². The van der Waals surface area contributed by atoms with Crippen LogP contribution in [0, 0.1) is 18.3 Å². The number of sulfonamides is 1. The molecule has 1 aromatic heterocycles. The smallest absolute Gasteiger partial charge is 0.248 e. The maximum Gasteiger partial charge on any atom is 0.248 e. The Hall–Kier alpha value is -5.86. The number of primary amides is 1. The van der Waals surface area contributed by atoms with Crippen molar-refractivity contribution in [1.82, 2.24) is 4.98 Å². The maximum absolute atomic E-state index is 12.0. The van der Waals surface area contributed by atoms with Crippen LogP contribution in [-0.2, 0) is 29.5 Å². The highest BCUT2D eigenvalue weighted by Gasteiger charge is 2.16. The minimum absolute atomic E-state index is 0.266. The fourth-order valence-corrected chi connectivity index (χ4v) is 5.74. The van der Waals surface area contributed by atoms with Gasteiger partial charge in [-0.3, -0.25) is 14.5 Å². The molecule has 1 heterocycles. The number of nitriles is 1. The second-order valence-corrected chi connectivity index (χ2v) is 13.0. The number of nitrogens with two attached hydrogens (primary N) is 1. The van der Waals surface area contributed by atoms with E-state index >= 15 is 0 Å². The van der Waals surface area contributed by atoms with Crippen molar-refractivity contribution in [1.29, 1.82) is 5.26 Å². The molecule has 11 heteroatoms. The monoisotopic (exact) mass is 661 g/mol. The lowest BCUT2D eigenvalue weighted by Crippen LogP contribution is -2.23. The minimum atomic E-state index is -3.47. The standard InChI is InChI=1S/C37H35N5O5S/c1-26-35(41-48(2,44)45)6-3-7-36(26)42(24-29-10-8-27(22-38)9-11-29)25-30-12-14-32(15-13-30)47-34-20-31(37(39)43)19-33(21-34)46-18-16-28-5-4-17-40-23-28/h3-15,17,19-21,23,41H,16,18,24-25H2,1-2H3,(H2,39,43). The summed E-state index contributed by atoms with van der Waals surface area (Å²) in [6.07, 6.45) is 5.26. The van der Waals surface area contributed by atoms with Crippen LogP contribution in [-0.4, -0.2) is 32.2 Å². The number of benzene rings is 4. The number of anilines is 2. The number of nitrogens with one attached hydrogen (secondary N) is 1. The predicted octanol–water partition coefficient (Wildman–Crippen LogP) is 6.35. The molecular formula is C37H35N5O5S. The molecule has 0 aliphatic rings. The highest BCUT2D eigenvalue weighted by molar-refractivity contribution is 7.92. The Morgan fingerprint density at radius 1 is 0.896 bits per heavy atom. The van der Waals surface area contributed by atoms with Gasteiger partial charge in [-0.1, -0.05) is 36.4 Å². The molecule has 5 aromatic rings. The summed E-state index contributed by atoms with van der Waals surface area (Å²) in [7, 11) is -3.47. The second kappa shape index (κ2) is 15.2. The van der Waals surface area contributed by atoms with Gasteiger partial charge in [0.15, 0.2) is 0 Å². The number of carbonyl (C=O) groups excluding carboxylic acids is 1. The van der Waals surface area contributed by atoms with Gasteiger partial charge in [0.1, 0.15) is 17.2 Å². The van der Waals surface area contributed by atoms with E-state index in [1.54, 1.807) is 48.8 Å². The first-order valence-electron chi connectivity index (χ1n) is 15.1. The van der Waals surface area contributed by atoms with Gasteiger partial charge >= 0.3 is 0 Å². The summed E-state index contributed by atoms with van der Waals surface area (Å²) in [4.78, 5) is 18.3. The Morgan fingerprint density at radius 3 is 2.21 bits per heavy atom. The zero-order valence-corrected chi connectivity index (χ0v) is 27.4. The van der Waals surface area contributed by atoms with E-state index in [1.807, 2.05) is 67.6 Å². The highest BCUT2D eigenvalue weighted by Crippen LogP contribution is 2.32. The number of carbonyl (C=O) groups is 1. The molecule has 244 valence electrons. The Labute approximate surface area is 280 Å². The number of nitrogens with zero attached hydrogens (tertiary/aromatic N) is 3. The third kappa shape index (κ3) is 9.34. The Morgan fingerprint density at radius 2 is 1.58 bits per heavy atom. The molecule has 10 nitrogen and oxygen atoms in total. The Balaban J connectivity index is 1.35. The van der Waals surface area contributed by atoms with E-state index < -0.39 is 15.9 Å². The fraction of sp³-hybridized carbons (Fsp3) is 0.162. The molecule has 0 bridgehead atoms. The van der Waals surface area contributed by atoms with E-state index in [1.165, 1.54) is 0 Å². The van der Waals surface area contributed by atoms with E-state index in [9.17, 15) is 18.5 Å². The van der Waals surface area contributed by atoms with Crippen molar-refractivity contribution in [3.63, 3.8) is 0 Å². The van der Waals surface area contributed by atoms with E-state index in [2.05, 4.69) is 20.7 Å². The van der Waals surface area contributed by atoms with Crippen molar-refractivity contribution in [3.8, 4) is 23.3 Å². The molecule has 0 unspecified atom stereocenters. The van der Waals surface area contributed by atoms with E-state index in [0.29, 0.717) is 54.6 Å². The van der Waals surface area contributed by atoms with E-state index in [-0.39, 0.29) is 5.56 Å². The van der Waals surface area contributed by atoms with Crippen molar-refractivity contribution in [2.75, 3.05) is 22.5 Å². The Kier molecular flexibility index (Phi) is 10.6. The average molecular weight is 662 g/mol. The van der Waals surface area contributed by atoms with Gasteiger partial charge in [0.05, 0.1) is 30.2 Å². The summed E-state index contributed by atoms with van der Waals surface area (Å²) in [5.41, 5.74) is 11.6. The van der Waals surface area contributed by atoms with Crippen LogP contribution in [0.3, 0.4) is 0 Å². The largest absolute Gasteiger partial charge is 0.493 e. The predicted molar refractivity (Wildman–Crippen MR) is 186 cm³/mol. The molecular weight excluding hydrogens is 627 g/mol. The molecule has 0 atom stereocenters. The van der Waals surface area contributed by atoms with E-state index in [4.69, 9.17) is 15.2 Å². The topological polar surface area (TPSA) is 148 Å². The highest BCUT2D eigenvalue weighted by atomic mass is 32.2. The summed E-state index contributed by atoms with van der Waals surface area (Å²) in [5.74, 6) is 0.823. The number of hydrogen-bond acceptors (Lipinski definition) is 8. The van der Waals surface area contributed by atoms with Crippen molar-refractivity contribution in [3.05, 3.63) is 143 Å². The quantitative estimate of drug-likeness (QED) is 0.140. The van der Waals surface area contributed by atoms with Crippen molar-refractivity contribution >= 4 is 27.3 Å². The fourth-order valence-electron chi connectivity index (χ4n) is 5.12. The van der Waals surface area contributed by atoms with Crippen molar-refractivity contribution in [2.45, 2.75) is 26.4 Å². The molecule has 3 N–H and O–H groups in total. The number of rotatable bonds is 14. The van der Waals surface area contributed by atoms with Crippen LogP contribution in [0.5, 0.6) is 17.2 Å². The Bertz CT molecular complexity index is 2030. The molecule has 0 aliphatic heterocycles. The summed E-state index contributed by atoms with van der Waals surface area (Å²) in [6, 6.07) is 31.3. The second-order valence-electron chi connectivity index (χ2n) is 11.3. The molecule has 4 aromatic carbocycles. The summed E-state index contributed by atoms with van der Waals surface area (Å²) in [6.45, 7) is 3.27. The number of ether oxygens (including phenoxy) is 2. The lowest BCUT2D eigenvalue weighted by molar-refractivity contribution is 0.0999. The lowest BCUT2D eigenvalue weighted by Gasteiger charge is -2.28. The van der Waals surface area contributed by atoms with Gasteiger partial charge in [-0.2, -0.15) is 5.26 Å². The van der Waals surface area contributed by atoms with Crippen LogP contribution in [0.1, 0.15) is 38.2 Å². The minimum Gasteiger partial charge on any atom is -0.493 e. The SMILES string of the molecule is Cc1c(NS(C)(=O)=O)cccc1N(Cc1ccc(C#N)cc1)Cc1ccc(Oc2cc(OCCc3cccnc3)cc(C(N)=O)c2)cc1. The molecule has 0 aliphatic carbocycles. The van der Waals surface area contributed by atoms with E-state index in [0.717, 1.165) is 34.2 Å². The molecule has 0 saturated heterocycles. The third-order valence-corrected chi connectivity index (χ3v) is 8.07. The summed E-state index contributed by atoms with van der Waals surface area (Å²) in [5, 5.41) is 9.23. The summed E-state index contributed by atoms with van der Waals surface area (Å²) >= 11 is 0. The first-order valence-corrected chi connectivity index (χ1v) is 17.0. The average Bonchev–Trinajstić information content (AvgIpc) is 3.06. The lowest BCUT2D eigenvalue weighted by atomic mass is 10.1. The van der Waals surface area contributed by atoms with Crippen molar-refractivity contribution in [2.24, 2.45) is 5.73 Å². The molecule has 1 amide bonds. The third-order valence-electron chi connectivity index (χ3n) is 7.48. The van der Waals surface area contributed by atoms with Gasteiger partial charge in [0.2, 0.25) is 15.9 Å². The molecule has 0 fully saturated rings. The zero-order valence-electron chi connectivity index (χ0n) is 26.6. The van der Waals surface area contributed by atoms with Crippen LogP contribution in [0.25, 0.3) is 0 Å². The molecule has 5 rings (SSSR count). The molecule has 0 spiro atoms. The first-order chi connectivity index (χ1) is 23.1. The summed E-state index contributed by atoms with van der Waals surface area (Å²) < 4.78 is 38.7. The van der Waals surface area contributed by atoms with Crippen LogP contribution in [0.2, 0.25) is 0 Å². The number of aromatic nitrogens is 1. The maximum atomic E-state index is 12.0. The first kappa shape index (κ1) is 33.5. The molecule has 48 heavy (non-hydrogen) atoms. The zero-order chi connectivity index (χ0) is 34.1. The van der Waals surface area contributed by atoms with Gasteiger partial charge in [0, 0.05) is 49.2 Å². The van der Waals surface area contributed by atoms with Crippen LogP contribution >= 0.6 is 0 Å². The van der Waals surface area contributed by atoms with Crippen LogP contribution in [0.4, 0.5) is 11.4 Å². The van der Waals surface area contributed by atoms with Gasteiger partial charge in [-0.05, 0) is 83.8 Å². The van der Waals surface area contributed by atoms with Crippen LogP contribution in [0.15, 0.2) is 109 Å². The molecule has 0 saturated carbocycles. The van der Waals surface area contributed by atoms with Gasteiger partial charge in [-0.25, -0.2) is 8.42 Å². The van der Waals surface area contributed by atoms with Gasteiger partial charge in [0.25, 0.3) is 0 Å². The van der Waals surface area contributed by atoms with Crippen molar-refractivity contribution < 1.29 is 22.7 Å². The number of pyridine rings is 1. The molecule has 0 radical (unpaired) electrons. The number of amides is 1.